The van der Waals surface area contributed by atoms with Gasteiger partial charge in [-0.05, 0) is 50.5 Å². The monoisotopic (exact) mass is 423 g/mol. The van der Waals surface area contributed by atoms with Gasteiger partial charge in [-0.1, -0.05) is 26.2 Å². The van der Waals surface area contributed by atoms with Gasteiger partial charge in [0, 0.05) is 37.7 Å². The van der Waals surface area contributed by atoms with Crippen LogP contribution < -0.4 is 10.6 Å². The molecule has 7 nitrogen and oxygen atoms in total. The molecule has 2 rings (SSSR count). The summed E-state index contributed by atoms with van der Waals surface area (Å²) in [5.74, 6) is -0.433. The Balaban J connectivity index is 1.91. The minimum atomic E-state index is -3.57. The van der Waals surface area contributed by atoms with E-state index in [1.165, 1.54) is 28.6 Å². The van der Waals surface area contributed by atoms with Crippen molar-refractivity contribution in [3.05, 3.63) is 29.8 Å². The molecule has 0 radical (unpaired) electrons. The second kappa shape index (κ2) is 10.7. The van der Waals surface area contributed by atoms with E-state index in [0.29, 0.717) is 5.56 Å². The van der Waals surface area contributed by atoms with E-state index in [0.717, 1.165) is 38.5 Å². The van der Waals surface area contributed by atoms with E-state index in [1.807, 2.05) is 13.8 Å². The first-order valence-corrected chi connectivity index (χ1v) is 11.9. The summed E-state index contributed by atoms with van der Waals surface area (Å²) in [6.07, 6.45) is 6.10. The van der Waals surface area contributed by atoms with Crippen molar-refractivity contribution in [1.29, 1.82) is 0 Å². The smallest absolute Gasteiger partial charge is 0.251 e. The zero-order valence-electron chi connectivity index (χ0n) is 17.6. The van der Waals surface area contributed by atoms with E-state index in [9.17, 15) is 18.0 Å². The van der Waals surface area contributed by atoms with Crippen LogP contribution in [0.15, 0.2) is 29.2 Å². The summed E-state index contributed by atoms with van der Waals surface area (Å²) in [5, 5.41) is 5.54. The number of sulfonamides is 1. The molecule has 0 aliphatic heterocycles. The van der Waals surface area contributed by atoms with Gasteiger partial charge in [0.1, 0.15) is 0 Å². The van der Waals surface area contributed by atoms with Crippen molar-refractivity contribution in [2.75, 3.05) is 13.6 Å². The molecule has 0 heterocycles. The van der Waals surface area contributed by atoms with Gasteiger partial charge in [-0.3, -0.25) is 9.59 Å². The molecule has 1 fully saturated rings. The van der Waals surface area contributed by atoms with E-state index < -0.39 is 10.0 Å². The summed E-state index contributed by atoms with van der Waals surface area (Å²) in [6, 6.07) is 6.11. The minimum absolute atomic E-state index is 0.0401. The number of benzene rings is 1. The molecule has 0 spiro atoms. The number of carbonyl (C=O) groups excluding carboxylic acids is 2. The molecule has 1 aromatic carbocycles. The number of carbonyl (C=O) groups is 2. The summed E-state index contributed by atoms with van der Waals surface area (Å²) in [5.41, 5.74) is 0.367. The molecule has 29 heavy (non-hydrogen) atoms. The first kappa shape index (κ1) is 23.3. The molecule has 1 saturated carbocycles. The van der Waals surface area contributed by atoms with Crippen LogP contribution in [0.25, 0.3) is 0 Å². The average Bonchev–Trinajstić information content (AvgIpc) is 2.73. The summed E-state index contributed by atoms with van der Waals surface area (Å²) in [6.45, 7) is 4.15. The van der Waals surface area contributed by atoms with Crippen LogP contribution in [-0.2, 0) is 14.8 Å². The van der Waals surface area contributed by atoms with Gasteiger partial charge >= 0.3 is 0 Å². The Bertz CT molecular complexity index is 787. The first-order chi connectivity index (χ1) is 13.8. The molecule has 1 aliphatic rings. The second-order valence-electron chi connectivity index (χ2n) is 7.72. The lowest BCUT2D eigenvalue weighted by Gasteiger charge is -2.30. The largest absolute Gasteiger partial charge is 0.354 e. The molecule has 2 amide bonds. The summed E-state index contributed by atoms with van der Waals surface area (Å²) >= 11 is 0. The molecule has 1 aliphatic carbocycles. The maximum Gasteiger partial charge on any atom is 0.251 e. The molecule has 1 unspecified atom stereocenters. The highest BCUT2D eigenvalue weighted by atomic mass is 32.2. The number of nitrogens with one attached hydrogen (secondary N) is 2. The molecular formula is C21H33N3O4S. The van der Waals surface area contributed by atoms with Crippen LogP contribution in [0, 0.1) is 0 Å². The van der Waals surface area contributed by atoms with E-state index in [-0.39, 0.29) is 41.8 Å². The van der Waals surface area contributed by atoms with Gasteiger partial charge in [0.05, 0.1) is 4.90 Å². The SMILES string of the molecule is CCC(C)NC(=O)CCNC(=O)c1ccc(S(=O)(=O)N(C)C2CCCCC2)cc1. The zero-order chi connectivity index (χ0) is 21.4. The number of hydrogen-bond acceptors (Lipinski definition) is 4. The van der Waals surface area contributed by atoms with E-state index in [4.69, 9.17) is 0 Å². The Morgan fingerprint density at radius 3 is 2.34 bits per heavy atom. The summed E-state index contributed by atoms with van der Waals surface area (Å²) in [4.78, 5) is 24.2. The maximum atomic E-state index is 12.9. The number of hydrogen-bond donors (Lipinski definition) is 2. The van der Waals surface area contributed by atoms with Crippen molar-refractivity contribution in [3.63, 3.8) is 0 Å². The fourth-order valence-electron chi connectivity index (χ4n) is 3.43. The van der Waals surface area contributed by atoms with Crippen LogP contribution in [0.2, 0.25) is 0 Å². The minimum Gasteiger partial charge on any atom is -0.354 e. The first-order valence-electron chi connectivity index (χ1n) is 10.4. The van der Waals surface area contributed by atoms with Crippen molar-refractivity contribution in [3.8, 4) is 0 Å². The van der Waals surface area contributed by atoms with Crippen LogP contribution in [0.5, 0.6) is 0 Å². The Labute approximate surface area is 174 Å². The topological polar surface area (TPSA) is 95.6 Å². The fraction of sp³-hybridized carbons (Fsp3) is 0.619. The van der Waals surface area contributed by atoms with Gasteiger partial charge in [-0.2, -0.15) is 4.31 Å². The Hall–Kier alpha value is -1.93. The van der Waals surface area contributed by atoms with Crippen molar-refractivity contribution < 1.29 is 18.0 Å². The highest BCUT2D eigenvalue weighted by molar-refractivity contribution is 7.89. The predicted molar refractivity (Wildman–Crippen MR) is 113 cm³/mol. The lowest BCUT2D eigenvalue weighted by molar-refractivity contribution is -0.121. The van der Waals surface area contributed by atoms with Crippen molar-refractivity contribution >= 4 is 21.8 Å². The molecule has 162 valence electrons. The van der Waals surface area contributed by atoms with Crippen LogP contribution >= 0.6 is 0 Å². The van der Waals surface area contributed by atoms with Gasteiger partial charge in [-0.15, -0.1) is 0 Å². The second-order valence-corrected chi connectivity index (χ2v) is 9.72. The molecule has 0 bridgehead atoms. The Morgan fingerprint density at radius 2 is 1.76 bits per heavy atom. The van der Waals surface area contributed by atoms with Crippen LogP contribution in [-0.4, -0.2) is 50.2 Å². The van der Waals surface area contributed by atoms with E-state index >= 15 is 0 Å². The number of amides is 2. The van der Waals surface area contributed by atoms with Gasteiger partial charge < -0.3 is 10.6 Å². The number of rotatable bonds is 9. The Morgan fingerprint density at radius 1 is 1.14 bits per heavy atom. The van der Waals surface area contributed by atoms with Gasteiger partial charge in [0.15, 0.2) is 0 Å². The highest BCUT2D eigenvalue weighted by Gasteiger charge is 2.29. The summed E-state index contributed by atoms with van der Waals surface area (Å²) in [7, 11) is -1.94. The third kappa shape index (κ3) is 6.54. The van der Waals surface area contributed by atoms with E-state index in [2.05, 4.69) is 10.6 Å². The van der Waals surface area contributed by atoms with Gasteiger partial charge in [0.2, 0.25) is 15.9 Å². The molecule has 1 aromatic rings. The molecule has 2 N–H and O–H groups in total. The highest BCUT2D eigenvalue weighted by Crippen LogP contribution is 2.26. The third-order valence-corrected chi connectivity index (χ3v) is 7.46. The average molecular weight is 424 g/mol. The van der Waals surface area contributed by atoms with Gasteiger partial charge in [-0.25, -0.2) is 8.42 Å². The molecule has 0 saturated heterocycles. The maximum absolute atomic E-state index is 12.9. The summed E-state index contributed by atoms with van der Waals surface area (Å²) < 4.78 is 27.2. The van der Waals surface area contributed by atoms with Crippen molar-refractivity contribution in [2.24, 2.45) is 0 Å². The third-order valence-electron chi connectivity index (χ3n) is 5.54. The van der Waals surface area contributed by atoms with Crippen LogP contribution in [0.4, 0.5) is 0 Å². The fourth-order valence-corrected chi connectivity index (χ4v) is 4.84. The van der Waals surface area contributed by atoms with E-state index in [1.54, 1.807) is 7.05 Å². The quantitative estimate of drug-likeness (QED) is 0.638. The number of nitrogens with zero attached hydrogens (tertiary/aromatic N) is 1. The lowest BCUT2D eigenvalue weighted by Crippen LogP contribution is -2.38. The van der Waals surface area contributed by atoms with Crippen LogP contribution in [0.1, 0.15) is 69.2 Å². The van der Waals surface area contributed by atoms with Crippen LogP contribution in [0.3, 0.4) is 0 Å². The normalized spacial score (nSPS) is 16.4. The Kier molecular flexibility index (Phi) is 8.64. The molecule has 8 heteroatoms. The molecular weight excluding hydrogens is 390 g/mol. The lowest BCUT2D eigenvalue weighted by atomic mass is 9.96. The van der Waals surface area contributed by atoms with Crippen molar-refractivity contribution in [1.82, 2.24) is 14.9 Å². The standard InChI is InChI=1S/C21H33N3O4S/c1-4-16(2)23-20(25)14-15-22-21(26)17-10-12-19(13-11-17)29(27,28)24(3)18-8-6-5-7-9-18/h10-13,16,18H,4-9,14-15H2,1-3H3,(H,22,26)(H,23,25). The zero-order valence-corrected chi connectivity index (χ0v) is 18.4. The molecule has 0 aromatic heterocycles. The van der Waals surface area contributed by atoms with Gasteiger partial charge in [0.25, 0.3) is 5.91 Å². The predicted octanol–water partition coefficient (Wildman–Crippen LogP) is 2.67. The molecule has 1 atom stereocenters. The van der Waals surface area contributed by atoms with Crippen molar-refractivity contribution in [2.45, 2.75) is 75.8 Å².